The summed E-state index contributed by atoms with van der Waals surface area (Å²) in [5.74, 6) is 0.125. The third-order valence-corrected chi connectivity index (χ3v) is 6.70. The van der Waals surface area contributed by atoms with Crippen LogP contribution in [-0.4, -0.2) is 6.61 Å². The molecule has 0 N–H and O–H groups in total. The lowest BCUT2D eigenvalue weighted by molar-refractivity contribution is 0.122. The zero-order valence-electron chi connectivity index (χ0n) is 16.2. The van der Waals surface area contributed by atoms with Crippen molar-refractivity contribution >= 4 is 0 Å². The molecule has 1 aromatic rings. The fourth-order valence-corrected chi connectivity index (χ4v) is 4.92. The topological polar surface area (TPSA) is 9.23 Å². The highest BCUT2D eigenvalue weighted by Gasteiger charge is 2.34. The highest BCUT2D eigenvalue weighted by Crippen LogP contribution is 2.47. The minimum Gasteiger partial charge on any atom is -0.486 e. The molecule has 2 saturated carbocycles. The van der Waals surface area contributed by atoms with E-state index in [1.54, 1.807) is 12.1 Å². The summed E-state index contributed by atoms with van der Waals surface area (Å²) >= 11 is 0. The maximum Gasteiger partial charge on any atom is 0.200 e. The van der Waals surface area contributed by atoms with Crippen molar-refractivity contribution in [3.8, 4) is 5.75 Å². The van der Waals surface area contributed by atoms with Crippen LogP contribution >= 0.6 is 0 Å². The quantitative estimate of drug-likeness (QED) is 0.511. The molecule has 0 aliphatic heterocycles. The van der Waals surface area contributed by atoms with E-state index < -0.39 is 11.6 Å². The zero-order valence-corrected chi connectivity index (χ0v) is 16.2. The molecule has 0 bridgehead atoms. The third-order valence-electron chi connectivity index (χ3n) is 6.70. The Labute approximate surface area is 156 Å². The minimum atomic E-state index is -0.860. The van der Waals surface area contributed by atoms with Crippen molar-refractivity contribution in [2.24, 2.45) is 17.3 Å². The van der Waals surface area contributed by atoms with E-state index in [9.17, 15) is 8.78 Å². The first-order valence-corrected chi connectivity index (χ1v) is 10.1. The van der Waals surface area contributed by atoms with Crippen LogP contribution in [-0.2, 0) is 0 Å². The highest BCUT2D eigenvalue weighted by molar-refractivity contribution is 5.33. The normalized spacial score (nSPS) is 26.5. The van der Waals surface area contributed by atoms with E-state index in [2.05, 4.69) is 20.4 Å². The van der Waals surface area contributed by atoms with Gasteiger partial charge in [0.05, 0.1) is 0 Å². The Kier molecular flexibility index (Phi) is 6.04. The number of rotatable bonds is 5. The average Bonchev–Trinajstić information content (AvgIpc) is 2.63. The molecule has 1 aromatic carbocycles. The van der Waals surface area contributed by atoms with Crippen LogP contribution < -0.4 is 4.74 Å². The largest absolute Gasteiger partial charge is 0.486 e. The minimum absolute atomic E-state index is 0.0235. The number of hydrogen-bond donors (Lipinski definition) is 0. The molecule has 0 saturated heterocycles. The van der Waals surface area contributed by atoms with Crippen molar-refractivity contribution in [2.75, 3.05) is 6.61 Å². The standard InChI is InChI=1S/C23H32F2O/c1-4-15-26-20-10-9-19(21(24)22(20)25)18-7-5-16(6-8-18)17-11-13-23(2,3)14-12-17/h4,9-10,16-18H,1,5-8,11-15H2,2-3H3. The molecule has 3 rings (SSSR count). The van der Waals surface area contributed by atoms with Gasteiger partial charge in [-0.2, -0.15) is 4.39 Å². The fourth-order valence-electron chi connectivity index (χ4n) is 4.92. The fraction of sp³-hybridized carbons (Fsp3) is 0.652. The average molecular weight is 363 g/mol. The lowest BCUT2D eigenvalue weighted by Gasteiger charge is -2.40. The van der Waals surface area contributed by atoms with E-state index >= 15 is 0 Å². The SMILES string of the molecule is C=CCOc1ccc(C2CCC(C3CCC(C)(C)CC3)CC2)c(F)c1F. The van der Waals surface area contributed by atoms with E-state index in [1.165, 1.54) is 31.8 Å². The molecule has 0 heterocycles. The first kappa shape index (κ1) is 19.4. The Morgan fingerprint density at radius 2 is 1.62 bits per heavy atom. The van der Waals surface area contributed by atoms with Crippen molar-refractivity contribution in [1.29, 1.82) is 0 Å². The van der Waals surface area contributed by atoms with Gasteiger partial charge in [0.15, 0.2) is 11.6 Å². The summed E-state index contributed by atoms with van der Waals surface area (Å²) in [6, 6.07) is 3.28. The first-order valence-electron chi connectivity index (χ1n) is 10.1. The van der Waals surface area contributed by atoms with Crippen molar-refractivity contribution in [3.63, 3.8) is 0 Å². The summed E-state index contributed by atoms with van der Waals surface area (Å²) in [6.45, 7) is 8.46. The van der Waals surface area contributed by atoms with Gasteiger partial charge in [0.1, 0.15) is 6.61 Å². The van der Waals surface area contributed by atoms with Gasteiger partial charge in [0.25, 0.3) is 0 Å². The van der Waals surface area contributed by atoms with E-state index in [4.69, 9.17) is 4.74 Å². The van der Waals surface area contributed by atoms with Crippen LogP contribution in [0.2, 0.25) is 0 Å². The number of halogens is 2. The smallest absolute Gasteiger partial charge is 0.200 e. The van der Waals surface area contributed by atoms with E-state index in [-0.39, 0.29) is 18.3 Å². The van der Waals surface area contributed by atoms with Crippen molar-refractivity contribution in [2.45, 2.75) is 71.1 Å². The molecule has 26 heavy (non-hydrogen) atoms. The van der Waals surface area contributed by atoms with E-state index in [1.807, 2.05) is 0 Å². The Bertz CT molecular complexity index is 619. The first-order chi connectivity index (χ1) is 12.4. The predicted octanol–water partition coefficient (Wildman–Crippen LogP) is 7.02. The van der Waals surface area contributed by atoms with Gasteiger partial charge in [-0.25, -0.2) is 4.39 Å². The van der Waals surface area contributed by atoms with Gasteiger partial charge in [-0.3, -0.25) is 0 Å². The van der Waals surface area contributed by atoms with Crippen LogP contribution in [0.1, 0.15) is 76.7 Å². The molecule has 2 fully saturated rings. The summed E-state index contributed by atoms with van der Waals surface area (Å²) in [7, 11) is 0. The van der Waals surface area contributed by atoms with E-state index in [0.717, 1.165) is 37.5 Å². The van der Waals surface area contributed by atoms with Crippen LogP contribution in [0.15, 0.2) is 24.8 Å². The summed E-state index contributed by atoms with van der Waals surface area (Å²) in [5.41, 5.74) is 1.03. The van der Waals surface area contributed by atoms with E-state index in [0.29, 0.717) is 11.0 Å². The summed E-state index contributed by atoms with van der Waals surface area (Å²) in [6.07, 6.45) is 11.1. The number of benzene rings is 1. The molecular weight excluding hydrogens is 330 g/mol. The number of hydrogen-bond acceptors (Lipinski definition) is 1. The Hall–Kier alpha value is -1.38. The molecule has 0 amide bonds. The number of ether oxygens (including phenoxy) is 1. The van der Waals surface area contributed by atoms with Gasteiger partial charge in [0, 0.05) is 0 Å². The molecule has 0 atom stereocenters. The molecule has 0 radical (unpaired) electrons. The summed E-state index contributed by atoms with van der Waals surface area (Å²) in [4.78, 5) is 0. The molecule has 3 heteroatoms. The summed E-state index contributed by atoms with van der Waals surface area (Å²) in [5, 5.41) is 0. The molecule has 144 valence electrons. The maximum absolute atomic E-state index is 14.5. The van der Waals surface area contributed by atoms with Crippen LogP contribution in [0.4, 0.5) is 8.78 Å². The molecular formula is C23H32F2O. The van der Waals surface area contributed by atoms with Gasteiger partial charge in [-0.1, -0.05) is 32.6 Å². The van der Waals surface area contributed by atoms with Crippen molar-refractivity contribution < 1.29 is 13.5 Å². The van der Waals surface area contributed by atoms with Crippen molar-refractivity contribution in [1.82, 2.24) is 0 Å². The second kappa shape index (κ2) is 8.10. The van der Waals surface area contributed by atoms with Gasteiger partial charge in [0.2, 0.25) is 5.82 Å². The third kappa shape index (κ3) is 4.29. The molecule has 1 nitrogen and oxygen atoms in total. The second-order valence-corrected chi connectivity index (χ2v) is 8.99. The van der Waals surface area contributed by atoms with Crippen LogP contribution in [0.5, 0.6) is 5.75 Å². The highest BCUT2D eigenvalue weighted by atomic mass is 19.2. The molecule has 2 aliphatic rings. The molecule has 0 unspecified atom stereocenters. The molecule has 0 spiro atoms. The van der Waals surface area contributed by atoms with Crippen LogP contribution in [0, 0.1) is 28.9 Å². The summed E-state index contributed by atoms with van der Waals surface area (Å²) < 4.78 is 34.0. The van der Waals surface area contributed by atoms with Gasteiger partial charge in [-0.05, 0) is 86.2 Å². The van der Waals surface area contributed by atoms with Gasteiger partial charge >= 0.3 is 0 Å². The predicted molar refractivity (Wildman–Crippen MR) is 102 cm³/mol. The van der Waals surface area contributed by atoms with Gasteiger partial charge in [-0.15, -0.1) is 0 Å². The lowest BCUT2D eigenvalue weighted by Crippen LogP contribution is -2.28. The Morgan fingerprint density at radius 1 is 1.00 bits per heavy atom. The maximum atomic E-state index is 14.5. The monoisotopic (exact) mass is 362 g/mol. The Balaban J connectivity index is 1.60. The van der Waals surface area contributed by atoms with Crippen LogP contribution in [0.3, 0.4) is 0 Å². The molecule has 2 aliphatic carbocycles. The lowest BCUT2D eigenvalue weighted by atomic mass is 9.65. The molecule has 0 aromatic heterocycles. The Morgan fingerprint density at radius 3 is 2.23 bits per heavy atom. The van der Waals surface area contributed by atoms with Crippen molar-refractivity contribution in [3.05, 3.63) is 42.0 Å². The van der Waals surface area contributed by atoms with Crippen LogP contribution in [0.25, 0.3) is 0 Å². The second-order valence-electron chi connectivity index (χ2n) is 8.99. The van der Waals surface area contributed by atoms with Gasteiger partial charge < -0.3 is 4.74 Å². The zero-order chi connectivity index (χ0) is 18.7.